The van der Waals surface area contributed by atoms with E-state index in [9.17, 15) is 4.79 Å². The molecule has 2 aromatic rings. The normalized spacial score (nSPS) is 11.2. The Labute approximate surface area is 150 Å². The maximum atomic E-state index is 11.9. The van der Waals surface area contributed by atoms with Crippen LogP contribution in [-0.4, -0.2) is 27.8 Å². The summed E-state index contributed by atoms with van der Waals surface area (Å²) in [5.41, 5.74) is 7.03. The van der Waals surface area contributed by atoms with Crippen molar-refractivity contribution >= 4 is 40.9 Å². The van der Waals surface area contributed by atoms with Gasteiger partial charge in [-0.15, -0.1) is 11.8 Å². The van der Waals surface area contributed by atoms with E-state index < -0.39 is 0 Å². The summed E-state index contributed by atoms with van der Waals surface area (Å²) in [4.78, 5) is 21.1. The molecule has 0 saturated carbocycles. The van der Waals surface area contributed by atoms with Crippen molar-refractivity contribution in [3.63, 3.8) is 0 Å². The molecule has 0 fully saturated rings. The van der Waals surface area contributed by atoms with Crippen LogP contribution < -0.4 is 16.4 Å². The molecule has 0 bridgehead atoms. The number of hydrogen-bond acceptors (Lipinski definition) is 5. The number of thioether (sulfide) groups is 1. The fourth-order valence-electron chi connectivity index (χ4n) is 1.96. The van der Waals surface area contributed by atoms with Gasteiger partial charge in [0.15, 0.2) is 5.82 Å². The van der Waals surface area contributed by atoms with E-state index in [4.69, 9.17) is 17.3 Å². The number of benzene rings is 1. The third-order valence-electron chi connectivity index (χ3n) is 2.94. The molecule has 0 radical (unpaired) electrons. The first-order valence-electron chi connectivity index (χ1n) is 7.26. The highest BCUT2D eigenvalue weighted by Crippen LogP contribution is 2.30. The fraction of sp³-hybridized carbons (Fsp3) is 0.312. The number of nitrogens with two attached hydrogens (primary N) is 1. The number of carbonyl (C=O) groups is 1. The van der Waals surface area contributed by atoms with E-state index in [2.05, 4.69) is 20.6 Å². The van der Waals surface area contributed by atoms with Crippen LogP contribution in [0.5, 0.6) is 0 Å². The van der Waals surface area contributed by atoms with Crippen LogP contribution in [0, 0.1) is 0 Å². The van der Waals surface area contributed by atoms with Crippen LogP contribution in [0.1, 0.15) is 20.8 Å². The number of halogens is 1. The molecule has 4 N–H and O–H groups in total. The van der Waals surface area contributed by atoms with Crippen molar-refractivity contribution in [3.8, 4) is 11.4 Å². The molecule has 1 heterocycles. The summed E-state index contributed by atoms with van der Waals surface area (Å²) in [6.45, 7) is 5.75. The lowest BCUT2D eigenvalue weighted by Crippen LogP contribution is -2.43. The molecule has 2 rings (SSSR count). The number of nitrogen functional groups attached to an aromatic ring is 1. The average molecular weight is 366 g/mol. The minimum atomic E-state index is -0.300. The minimum absolute atomic E-state index is 0.261. The molecule has 24 heavy (non-hydrogen) atoms. The number of anilines is 2. The summed E-state index contributed by atoms with van der Waals surface area (Å²) in [6.07, 6.45) is 1.86. The maximum Gasteiger partial charge on any atom is 0.319 e. The van der Waals surface area contributed by atoms with Crippen LogP contribution in [0.3, 0.4) is 0 Å². The smallest absolute Gasteiger partial charge is 0.319 e. The Kier molecular flexibility index (Phi) is 5.56. The number of nitrogens with zero attached hydrogens (tertiary/aromatic N) is 2. The van der Waals surface area contributed by atoms with Crippen LogP contribution in [0.2, 0.25) is 5.15 Å². The molecule has 128 valence electrons. The molecule has 6 nitrogen and oxygen atoms in total. The Bertz CT molecular complexity index is 720. The van der Waals surface area contributed by atoms with E-state index in [0.717, 1.165) is 5.56 Å². The van der Waals surface area contributed by atoms with Gasteiger partial charge in [0.2, 0.25) is 0 Å². The second kappa shape index (κ2) is 7.27. The van der Waals surface area contributed by atoms with Crippen molar-refractivity contribution in [2.24, 2.45) is 0 Å². The minimum Gasteiger partial charge on any atom is -0.383 e. The summed E-state index contributed by atoms with van der Waals surface area (Å²) < 4.78 is 0. The predicted molar refractivity (Wildman–Crippen MR) is 101 cm³/mol. The zero-order chi connectivity index (χ0) is 17.9. The maximum absolute atomic E-state index is 11.9. The monoisotopic (exact) mass is 365 g/mol. The molecule has 1 aromatic heterocycles. The average Bonchev–Trinajstić information content (AvgIpc) is 2.45. The molecular weight excluding hydrogens is 346 g/mol. The number of carbonyl (C=O) groups excluding carboxylic acids is 1. The van der Waals surface area contributed by atoms with E-state index in [-0.39, 0.29) is 11.6 Å². The molecular formula is C16H20ClN5OS. The molecule has 0 spiro atoms. The molecule has 0 aliphatic carbocycles. The Hall–Kier alpha value is -1.99. The van der Waals surface area contributed by atoms with Gasteiger partial charge in [0, 0.05) is 16.8 Å². The Morgan fingerprint density at radius 2 is 1.83 bits per heavy atom. The van der Waals surface area contributed by atoms with E-state index in [0.29, 0.717) is 27.4 Å². The fourth-order valence-corrected chi connectivity index (χ4v) is 2.84. The Morgan fingerprint density at radius 3 is 2.33 bits per heavy atom. The first-order chi connectivity index (χ1) is 11.2. The summed E-state index contributed by atoms with van der Waals surface area (Å²) in [6, 6.07) is 6.89. The standard InChI is InChI=1S/C16H20ClN5OS/c1-16(2,3)22-15(23)19-10-7-5-9(6-8-10)14-20-12(17)11(24-4)13(18)21-14/h5-8H,1-4H3,(H2,18,20,21)(H2,19,22,23). The van der Waals surface area contributed by atoms with Gasteiger partial charge in [-0.2, -0.15) is 0 Å². The summed E-state index contributed by atoms with van der Waals surface area (Å²) in [5.74, 6) is 0.797. The first kappa shape index (κ1) is 18.4. The lowest BCUT2D eigenvalue weighted by atomic mass is 10.1. The van der Waals surface area contributed by atoms with E-state index in [1.165, 1.54) is 11.8 Å². The summed E-state index contributed by atoms with van der Waals surface area (Å²) >= 11 is 7.53. The van der Waals surface area contributed by atoms with E-state index >= 15 is 0 Å². The van der Waals surface area contributed by atoms with Crippen LogP contribution in [0.25, 0.3) is 11.4 Å². The second-order valence-corrected chi connectivity index (χ2v) is 7.34. The largest absolute Gasteiger partial charge is 0.383 e. The van der Waals surface area contributed by atoms with Gasteiger partial charge in [-0.05, 0) is 51.3 Å². The van der Waals surface area contributed by atoms with Crippen LogP contribution in [-0.2, 0) is 0 Å². The quantitative estimate of drug-likeness (QED) is 0.564. The number of amides is 2. The van der Waals surface area contributed by atoms with Crippen molar-refractivity contribution in [2.75, 3.05) is 17.3 Å². The molecule has 0 aliphatic heterocycles. The highest BCUT2D eigenvalue weighted by Gasteiger charge is 2.14. The first-order valence-corrected chi connectivity index (χ1v) is 8.86. The third kappa shape index (κ3) is 4.75. The summed E-state index contributed by atoms with van der Waals surface area (Å²) in [7, 11) is 0. The summed E-state index contributed by atoms with van der Waals surface area (Å²) in [5, 5.41) is 5.93. The van der Waals surface area contributed by atoms with Gasteiger partial charge in [0.1, 0.15) is 11.0 Å². The highest BCUT2D eigenvalue weighted by molar-refractivity contribution is 7.98. The zero-order valence-electron chi connectivity index (χ0n) is 14.0. The number of rotatable bonds is 3. The molecule has 0 atom stereocenters. The van der Waals surface area contributed by atoms with Gasteiger partial charge < -0.3 is 16.4 Å². The molecule has 8 heteroatoms. The van der Waals surface area contributed by atoms with Crippen molar-refractivity contribution < 1.29 is 4.79 Å². The van der Waals surface area contributed by atoms with Gasteiger partial charge >= 0.3 is 6.03 Å². The zero-order valence-corrected chi connectivity index (χ0v) is 15.5. The SMILES string of the molecule is CSc1c(N)nc(-c2ccc(NC(=O)NC(C)(C)C)cc2)nc1Cl. The van der Waals surface area contributed by atoms with Gasteiger partial charge in [-0.1, -0.05) is 11.6 Å². The van der Waals surface area contributed by atoms with Crippen molar-refractivity contribution in [1.29, 1.82) is 0 Å². The topological polar surface area (TPSA) is 92.9 Å². The Balaban J connectivity index is 2.17. The van der Waals surface area contributed by atoms with Crippen LogP contribution in [0.4, 0.5) is 16.3 Å². The second-order valence-electron chi connectivity index (χ2n) is 6.16. The number of urea groups is 1. The lowest BCUT2D eigenvalue weighted by molar-refractivity contribution is 0.244. The molecule has 2 amide bonds. The third-order valence-corrected chi connectivity index (χ3v) is 4.14. The van der Waals surface area contributed by atoms with E-state index in [1.54, 1.807) is 24.3 Å². The van der Waals surface area contributed by atoms with Gasteiger partial charge in [0.25, 0.3) is 0 Å². The number of aromatic nitrogens is 2. The molecule has 1 aromatic carbocycles. The van der Waals surface area contributed by atoms with Gasteiger partial charge in [0.05, 0.1) is 4.90 Å². The number of hydrogen-bond donors (Lipinski definition) is 3. The number of nitrogens with one attached hydrogen (secondary N) is 2. The van der Waals surface area contributed by atoms with Crippen LogP contribution in [0.15, 0.2) is 29.2 Å². The van der Waals surface area contributed by atoms with Crippen LogP contribution >= 0.6 is 23.4 Å². The molecule has 0 unspecified atom stereocenters. The van der Waals surface area contributed by atoms with Crippen molar-refractivity contribution in [3.05, 3.63) is 29.4 Å². The van der Waals surface area contributed by atoms with Crippen molar-refractivity contribution in [2.45, 2.75) is 31.2 Å². The molecule has 0 saturated heterocycles. The van der Waals surface area contributed by atoms with Gasteiger partial charge in [-0.3, -0.25) is 0 Å². The predicted octanol–water partition coefficient (Wildman–Crippen LogP) is 4.02. The highest BCUT2D eigenvalue weighted by atomic mass is 35.5. The molecule has 0 aliphatic rings. The van der Waals surface area contributed by atoms with Gasteiger partial charge in [-0.25, -0.2) is 14.8 Å². The van der Waals surface area contributed by atoms with E-state index in [1.807, 2.05) is 27.0 Å². The lowest BCUT2D eigenvalue weighted by Gasteiger charge is -2.20. The Morgan fingerprint density at radius 1 is 1.21 bits per heavy atom. The van der Waals surface area contributed by atoms with Crippen molar-refractivity contribution in [1.82, 2.24) is 15.3 Å².